The summed E-state index contributed by atoms with van der Waals surface area (Å²) >= 11 is 0. The highest BCUT2D eigenvalue weighted by atomic mass is 28.4. The normalized spacial score (nSPS) is 27.7. The molecule has 0 fully saturated rings. The third-order valence-electron chi connectivity index (χ3n) is 7.09. The van der Waals surface area contributed by atoms with Crippen molar-refractivity contribution in [3.8, 4) is 5.75 Å². The van der Waals surface area contributed by atoms with Gasteiger partial charge < -0.3 is 18.6 Å². The molecule has 0 saturated heterocycles. The van der Waals surface area contributed by atoms with E-state index in [4.69, 9.17) is 9.16 Å². The zero-order chi connectivity index (χ0) is 20.5. The van der Waals surface area contributed by atoms with Gasteiger partial charge in [0.2, 0.25) is 5.43 Å². The largest absolute Gasteiger partial charge is 0.491 e. The molecule has 0 spiro atoms. The van der Waals surface area contributed by atoms with Crippen LogP contribution in [0, 0.1) is 0 Å². The molecule has 6 nitrogen and oxygen atoms in total. The lowest BCUT2D eigenvalue weighted by molar-refractivity contribution is 0.0417. The van der Waals surface area contributed by atoms with E-state index in [1.165, 1.54) is 7.11 Å². The lowest BCUT2D eigenvalue weighted by atomic mass is 9.87. The maximum atomic E-state index is 13.0. The van der Waals surface area contributed by atoms with Crippen molar-refractivity contribution in [1.82, 2.24) is 9.47 Å². The van der Waals surface area contributed by atoms with Crippen molar-refractivity contribution < 1.29 is 14.0 Å². The Labute approximate surface area is 162 Å². The van der Waals surface area contributed by atoms with Crippen LogP contribution in [0.4, 0.5) is 0 Å². The van der Waals surface area contributed by atoms with E-state index >= 15 is 0 Å². The summed E-state index contributed by atoms with van der Waals surface area (Å²) in [7, 11) is 1.19. The molecule has 0 aromatic carbocycles. The number of likely N-dealkylation sites (N-methyl/N-ethyl adjacent to an activating group) is 1. The summed E-state index contributed by atoms with van der Waals surface area (Å²) in [6.45, 7) is 15.3. The number of pyridine rings is 1. The second kappa shape index (κ2) is 5.94. The Balaban J connectivity index is 2.24. The molecule has 1 aromatic heterocycles. The Kier molecular flexibility index (Phi) is 4.43. The van der Waals surface area contributed by atoms with Crippen LogP contribution in [0.2, 0.25) is 18.1 Å². The predicted molar refractivity (Wildman–Crippen MR) is 108 cm³/mol. The summed E-state index contributed by atoms with van der Waals surface area (Å²) in [5.74, 6) is -0.0505. The molecule has 0 aliphatic carbocycles. The van der Waals surface area contributed by atoms with Gasteiger partial charge in [0.05, 0.1) is 30.5 Å². The fourth-order valence-electron chi connectivity index (χ4n) is 4.11. The summed E-state index contributed by atoms with van der Waals surface area (Å²) in [6, 6.07) is 1.59. The first-order valence-electron chi connectivity index (χ1n) is 9.55. The van der Waals surface area contributed by atoms with Gasteiger partial charge in [0.15, 0.2) is 19.8 Å². The molecule has 3 rings (SSSR count). The number of rotatable bonds is 3. The van der Waals surface area contributed by atoms with E-state index in [2.05, 4.69) is 47.7 Å². The lowest BCUT2D eigenvalue weighted by Crippen LogP contribution is -2.56. The van der Waals surface area contributed by atoms with Crippen LogP contribution >= 0.6 is 0 Å². The smallest absolute Gasteiger partial charge is 0.274 e. The number of hydrogen-bond donors (Lipinski definition) is 0. The van der Waals surface area contributed by atoms with Crippen molar-refractivity contribution in [2.75, 3.05) is 14.2 Å². The second-order valence-corrected chi connectivity index (χ2v) is 14.4. The summed E-state index contributed by atoms with van der Waals surface area (Å²) in [5.41, 5.74) is 0.547. The number of nitrogens with zero attached hydrogens (tertiary/aromatic N) is 2. The number of carbonyl (C=O) groups is 1. The average molecular weight is 393 g/mol. The standard InChI is InChI=1S/C20H32N2O4Si/c1-12-20(5)11-15(26-27(8,9)19(2,3)4)13-10-14(23)17(25-7)16(22(13)20)18(24)21(12)6/h10,12,15H,11H2,1-9H3. The average Bonchev–Trinajstić information content (AvgIpc) is 2.82. The Hall–Kier alpha value is -1.60. The molecular formula is C20H32N2O4Si. The van der Waals surface area contributed by atoms with Gasteiger partial charge in [-0.2, -0.15) is 0 Å². The summed E-state index contributed by atoms with van der Waals surface area (Å²) in [4.78, 5) is 27.5. The zero-order valence-electron chi connectivity index (χ0n) is 18.0. The number of methoxy groups -OCH3 is 1. The number of carbonyl (C=O) groups excluding carboxylic acids is 1. The molecule has 2 aliphatic heterocycles. The Morgan fingerprint density at radius 3 is 2.37 bits per heavy atom. The van der Waals surface area contributed by atoms with Crippen LogP contribution in [0.25, 0.3) is 0 Å². The summed E-state index contributed by atoms with van der Waals surface area (Å²) in [6.07, 6.45) is 0.535. The van der Waals surface area contributed by atoms with E-state index in [0.29, 0.717) is 5.69 Å². The van der Waals surface area contributed by atoms with E-state index in [0.717, 1.165) is 12.1 Å². The fourth-order valence-corrected chi connectivity index (χ4v) is 5.38. The maximum absolute atomic E-state index is 13.0. The van der Waals surface area contributed by atoms with Crippen molar-refractivity contribution in [1.29, 1.82) is 0 Å². The van der Waals surface area contributed by atoms with Crippen molar-refractivity contribution in [3.05, 3.63) is 27.7 Å². The molecule has 0 bridgehead atoms. The van der Waals surface area contributed by atoms with E-state index in [1.807, 2.05) is 4.57 Å². The first kappa shape index (κ1) is 20.1. The molecule has 3 unspecified atom stereocenters. The predicted octanol–water partition coefficient (Wildman–Crippen LogP) is 3.51. The Morgan fingerprint density at radius 2 is 1.85 bits per heavy atom. The van der Waals surface area contributed by atoms with Gasteiger partial charge in [-0.3, -0.25) is 9.59 Å². The van der Waals surface area contributed by atoms with Gasteiger partial charge >= 0.3 is 0 Å². The zero-order valence-corrected chi connectivity index (χ0v) is 19.0. The minimum atomic E-state index is -2.05. The molecule has 0 saturated carbocycles. The molecule has 1 amide bonds. The van der Waals surface area contributed by atoms with E-state index in [-0.39, 0.29) is 39.8 Å². The second-order valence-electron chi connectivity index (χ2n) is 9.67. The van der Waals surface area contributed by atoms with Crippen molar-refractivity contribution >= 4 is 14.2 Å². The molecule has 7 heteroatoms. The monoisotopic (exact) mass is 392 g/mol. The lowest BCUT2D eigenvalue weighted by Gasteiger charge is -2.45. The minimum absolute atomic E-state index is 0.0172. The SMILES string of the molecule is COc1c2n3c(cc1=O)C(O[Si](C)(C)C(C)(C)C)CC3(C)C(C)N(C)C2=O. The molecule has 3 heterocycles. The number of amides is 1. The van der Waals surface area contributed by atoms with E-state index < -0.39 is 8.32 Å². The van der Waals surface area contributed by atoms with Crippen LogP contribution in [0.1, 0.15) is 63.3 Å². The van der Waals surface area contributed by atoms with Crippen molar-refractivity contribution in [2.24, 2.45) is 0 Å². The maximum Gasteiger partial charge on any atom is 0.274 e. The third kappa shape index (κ3) is 2.69. The first-order valence-corrected chi connectivity index (χ1v) is 12.5. The van der Waals surface area contributed by atoms with Crippen LogP contribution in [-0.4, -0.2) is 43.9 Å². The number of ether oxygens (including phenoxy) is 1. The minimum Gasteiger partial charge on any atom is -0.491 e. The first-order chi connectivity index (χ1) is 12.3. The van der Waals surface area contributed by atoms with Crippen molar-refractivity contribution in [3.63, 3.8) is 0 Å². The molecule has 2 aliphatic rings. The van der Waals surface area contributed by atoms with E-state index in [9.17, 15) is 9.59 Å². The van der Waals surface area contributed by atoms with Gasteiger partial charge in [-0.25, -0.2) is 0 Å². The molecule has 3 atom stereocenters. The number of aromatic nitrogens is 1. The van der Waals surface area contributed by atoms with Gasteiger partial charge in [-0.05, 0) is 32.0 Å². The summed E-state index contributed by atoms with van der Waals surface area (Å²) in [5, 5.41) is 0.0603. The molecule has 27 heavy (non-hydrogen) atoms. The van der Waals surface area contributed by atoms with Crippen molar-refractivity contribution in [2.45, 2.75) is 76.9 Å². The van der Waals surface area contributed by atoms with Gasteiger partial charge in [0.1, 0.15) is 0 Å². The molecular weight excluding hydrogens is 360 g/mol. The molecule has 1 aromatic rings. The van der Waals surface area contributed by atoms with Gasteiger partial charge in [0.25, 0.3) is 5.91 Å². The summed E-state index contributed by atoms with van der Waals surface area (Å²) < 4.78 is 14.1. The third-order valence-corrected chi connectivity index (χ3v) is 11.6. The van der Waals surface area contributed by atoms with E-state index in [1.54, 1.807) is 18.0 Å². The van der Waals surface area contributed by atoms with Crippen LogP contribution in [0.15, 0.2) is 10.9 Å². The van der Waals surface area contributed by atoms with Gasteiger partial charge in [-0.1, -0.05) is 20.8 Å². The van der Waals surface area contributed by atoms with Gasteiger partial charge in [0, 0.05) is 19.5 Å². The topological polar surface area (TPSA) is 60.8 Å². The van der Waals surface area contributed by atoms with Crippen LogP contribution < -0.4 is 10.2 Å². The quantitative estimate of drug-likeness (QED) is 0.739. The molecule has 150 valence electrons. The molecule has 0 N–H and O–H groups in total. The van der Waals surface area contributed by atoms with Crippen LogP contribution in [0.3, 0.4) is 0 Å². The highest BCUT2D eigenvalue weighted by molar-refractivity contribution is 6.74. The Bertz CT molecular complexity index is 855. The van der Waals surface area contributed by atoms with Gasteiger partial charge in [-0.15, -0.1) is 0 Å². The highest BCUT2D eigenvalue weighted by Crippen LogP contribution is 2.51. The van der Waals surface area contributed by atoms with Crippen LogP contribution in [0.5, 0.6) is 5.75 Å². The fraction of sp³-hybridized carbons (Fsp3) is 0.700. The highest BCUT2D eigenvalue weighted by Gasteiger charge is 2.54. The number of hydrogen-bond acceptors (Lipinski definition) is 4. The molecule has 0 radical (unpaired) electrons. The Morgan fingerprint density at radius 1 is 1.26 bits per heavy atom. The van der Waals surface area contributed by atoms with Crippen LogP contribution in [-0.2, 0) is 9.96 Å².